The van der Waals surface area contributed by atoms with Crippen LogP contribution in [-0.2, 0) is 10.0 Å². The van der Waals surface area contributed by atoms with Crippen LogP contribution in [0.15, 0.2) is 23.1 Å². The zero-order chi connectivity index (χ0) is 14.0. The highest BCUT2D eigenvalue weighted by Gasteiger charge is 2.20. The number of nitrogens with one attached hydrogen (secondary N) is 1. The molecular weight excluding hydrogens is 295 g/mol. The summed E-state index contributed by atoms with van der Waals surface area (Å²) in [5.41, 5.74) is 5.02. The van der Waals surface area contributed by atoms with Crippen LogP contribution in [0.1, 0.15) is 13.8 Å². The number of sulfonamides is 1. The van der Waals surface area contributed by atoms with Crippen molar-refractivity contribution in [3.05, 3.63) is 24.0 Å². The number of benzene rings is 1. The first-order valence-corrected chi connectivity index (χ1v) is 6.76. The Labute approximate surface area is 118 Å². The molecule has 0 fully saturated rings. The third-order valence-corrected chi connectivity index (χ3v) is 3.55. The lowest BCUT2D eigenvalue weighted by Crippen LogP contribution is -2.45. The fourth-order valence-corrected chi connectivity index (χ4v) is 2.41. The fraction of sp³-hybridized carbons (Fsp3) is 0.455. The van der Waals surface area contributed by atoms with Gasteiger partial charge in [0.15, 0.2) is 11.6 Å². The second-order valence-electron chi connectivity index (χ2n) is 4.61. The predicted molar refractivity (Wildman–Crippen MR) is 73.7 cm³/mol. The van der Waals surface area contributed by atoms with Crippen LogP contribution in [0.4, 0.5) is 4.39 Å². The highest BCUT2D eigenvalue weighted by Crippen LogP contribution is 2.21. The molecule has 1 rings (SSSR count). The summed E-state index contributed by atoms with van der Waals surface area (Å²) in [6, 6.07) is 3.34. The molecule has 0 heterocycles. The molecule has 0 aromatic heterocycles. The minimum atomic E-state index is -3.72. The van der Waals surface area contributed by atoms with E-state index < -0.39 is 21.4 Å². The Hall–Kier alpha value is -0.890. The highest BCUT2D eigenvalue weighted by atomic mass is 35.5. The molecule has 19 heavy (non-hydrogen) atoms. The lowest BCUT2D eigenvalue weighted by atomic mass is 10.1. The van der Waals surface area contributed by atoms with Crippen molar-refractivity contribution >= 4 is 22.4 Å². The van der Waals surface area contributed by atoms with Gasteiger partial charge in [-0.05, 0) is 26.0 Å². The molecule has 1 aromatic rings. The van der Waals surface area contributed by atoms with Crippen LogP contribution < -0.4 is 15.2 Å². The number of methoxy groups -OCH3 is 1. The smallest absolute Gasteiger partial charge is 0.240 e. The first-order chi connectivity index (χ1) is 8.15. The predicted octanol–water partition coefficient (Wildman–Crippen LogP) is 1.27. The van der Waals surface area contributed by atoms with Gasteiger partial charge >= 0.3 is 0 Å². The van der Waals surface area contributed by atoms with E-state index >= 15 is 0 Å². The lowest BCUT2D eigenvalue weighted by molar-refractivity contribution is 0.385. The van der Waals surface area contributed by atoms with Gasteiger partial charge in [0.25, 0.3) is 0 Å². The first kappa shape index (κ1) is 18.1. The summed E-state index contributed by atoms with van der Waals surface area (Å²) in [7, 11) is -2.45. The topological polar surface area (TPSA) is 81.4 Å². The third-order valence-electron chi connectivity index (χ3n) is 2.15. The van der Waals surface area contributed by atoms with Gasteiger partial charge in [-0.3, -0.25) is 0 Å². The molecule has 0 atom stereocenters. The second-order valence-corrected chi connectivity index (χ2v) is 6.38. The van der Waals surface area contributed by atoms with Crippen LogP contribution in [0.3, 0.4) is 0 Å². The van der Waals surface area contributed by atoms with Crippen molar-refractivity contribution in [1.82, 2.24) is 4.72 Å². The summed E-state index contributed by atoms with van der Waals surface area (Å²) in [6.07, 6.45) is 0. The SMILES string of the molecule is COc1cc(S(=O)(=O)NCC(C)(C)N)ccc1F.Cl. The lowest BCUT2D eigenvalue weighted by Gasteiger charge is -2.19. The quantitative estimate of drug-likeness (QED) is 0.858. The Morgan fingerprint density at radius 2 is 2.00 bits per heavy atom. The largest absolute Gasteiger partial charge is 0.494 e. The average molecular weight is 313 g/mol. The van der Waals surface area contributed by atoms with E-state index in [1.165, 1.54) is 13.2 Å². The zero-order valence-electron chi connectivity index (χ0n) is 10.9. The number of rotatable bonds is 5. The number of halogens is 2. The van der Waals surface area contributed by atoms with E-state index in [1.807, 2.05) is 0 Å². The maximum absolute atomic E-state index is 13.2. The Balaban J connectivity index is 0.00000324. The minimum Gasteiger partial charge on any atom is -0.494 e. The Morgan fingerprint density at radius 3 is 2.47 bits per heavy atom. The van der Waals surface area contributed by atoms with E-state index in [4.69, 9.17) is 10.5 Å². The number of ether oxygens (including phenoxy) is 1. The van der Waals surface area contributed by atoms with Crippen molar-refractivity contribution in [2.24, 2.45) is 5.73 Å². The van der Waals surface area contributed by atoms with Crippen LogP contribution in [0.2, 0.25) is 0 Å². The van der Waals surface area contributed by atoms with Crippen LogP contribution in [0.5, 0.6) is 5.75 Å². The first-order valence-electron chi connectivity index (χ1n) is 5.28. The molecule has 0 radical (unpaired) electrons. The van der Waals surface area contributed by atoms with E-state index in [-0.39, 0.29) is 29.6 Å². The van der Waals surface area contributed by atoms with Crippen LogP contribution >= 0.6 is 12.4 Å². The molecule has 0 spiro atoms. The van der Waals surface area contributed by atoms with Crippen LogP contribution in [0, 0.1) is 5.82 Å². The van der Waals surface area contributed by atoms with Gasteiger partial charge < -0.3 is 10.5 Å². The highest BCUT2D eigenvalue weighted by molar-refractivity contribution is 7.89. The molecule has 5 nitrogen and oxygen atoms in total. The fourth-order valence-electron chi connectivity index (χ4n) is 1.17. The average Bonchev–Trinajstić information content (AvgIpc) is 2.26. The van der Waals surface area contributed by atoms with Gasteiger partial charge in [-0.15, -0.1) is 12.4 Å². The summed E-state index contributed by atoms with van der Waals surface area (Å²) in [6.45, 7) is 3.47. The molecular formula is C11H18ClFN2O3S. The monoisotopic (exact) mass is 312 g/mol. The third kappa shape index (κ3) is 5.32. The molecule has 0 amide bonds. The standard InChI is InChI=1S/C11H17FN2O3S.ClH/c1-11(2,13)7-14-18(15,16)8-4-5-9(12)10(6-8)17-3;/h4-6,14H,7,13H2,1-3H3;1H. The molecule has 0 aliphatic heterocycles. The molecule has 0 saturated carbocycles. The van der Waals surface area contributed by atoms with Gasteiger partial charge in [-0.25, -0.2) is 17.5 Å². The summed E-state index contributed by atoms with van der Waals surface area (Å²) < 4.78 is 44.1. The van der Waals surface area contributed by atoms with Gasteiger partial charge in [0, 0.05) is 18.2 Å². The van der Waals surface area contributed by atoms with Crippen LogP contribution in [0.25, 0.3) is 0 Å². The molecule has 3 N–H and O–H groups in total. The van der Waals surface area contributed by atoms with Gasteiger partial charge in [-0.2, -0.15) is 0 Å². The van der Waals surface area contributed by atoms with E-state index in [0.29, 0.717) is 0 Å². The molecule has 0 bridgehead atoms. The van der Waals surface area contributed by atoms with Crippen molar-refractivity contribution in [3.8, 4) is 5.75 Å². The van der Waals surface area contributed by atoms with Crippen LogP contribution in [-0.4, -0.2) is 27.6 Å². The molecule has 8 heteroatoms. The molecule has 0 aliphatic carbocycles. The van der Waals surface area contributed by atoms with E-state index in [9.17, 15) is 12.8 Å². The van der Waals surface area contributed by atoms with Crippen molar-refractivity contribution in [2.45, 2.75) is 24.3 Å². The maximum Gasteiger partial charge on any atom is 0.240 e. The van der Waals surface area contributed by atoms with Gasteiger partial charge in [0.05, 0.1) is 12.0 Å². The minimum absolute atomic E-state index is 0. The second kappa shape index (κ2) is 6.51. The molecule has 0 aliphatic rings. The number of hydrogen-bond acceptors (Lipinski definition) is 4. The number of nitrogens with two attached hydrogens (primary N) is 1. The normalized spacial score (nSPS) is 11.8. The van der Waals surface area contributed by atoms with Gasteiger partial charge in [-0.1, -0.05) is 0 Å². The van der Waals surface area contributed by atoms with Crippen molar-refractivity contribution in [3.63, 3.8) is 0 Å². The number of hydrogen-bond donors (Lipinski definition) is 2. The van der Waals surface area contributed by atoms with Gasteiger partial charge in [0.1, 0.15) is 0 Å². The molecule has 110 valence electrons. The molecule has 0 unspecified atom stereocenters. The Morgan fingerprint density at radius 1 is 1.42 bits per heavy atom. The zero-order valence-corrected chi connectivity index (χ0v) is 12.6. The molecule has 1 aromatic carbocycles. The summed E-state index contributed by atoms with van der Waals surface area (Å²) in [5.74, 6) is -0.736. The summed E-state index contributed by atoms with van der Waals surface area (Å²) in [5, 5.41) is 0. The van der Waals surface area contributed by atoms with E-state index in [2.05, 4.69) is 4.72 Å². The van der Waals surface area contributed by atoms with E-state index in [0.717, 1.165) is 12.1 Å². The van der Waals surface area contributed by atoms with E-state index in [1.54, 1.807) is 13.8 Å². The summed E-state index contributed by atoms with van der Waals surface area (Å²) in [4.78, 5) is -0.0648. The Bertz CT molecular complexity index is 529. The van der Waals surface area contributed by atoms with Crippen molar-refractivity contribution < 1.29 is 17.5 Å². The molecule has 0 saturated heterocycles. The summed E-state index contributed by atoms with van der Waals surface area (Å²) >= 11 is 0. The van der Waals surface area contributed by atoms with Crippen molar-refractivity contribution in [2.75, 3.05) is 13.7 Å². The Kier molecular flexibility index (Phi) is 6.21. The van der Waals surface area contributed by atoms with Gasteiger partial charge in [0.2, 0.25) is 10.0 Å². The maximum atomic E-state index is 13.2. The van der Waals surface area contributed by atoms with Crippen molar-refractivity contribution in [1.29, 1.82) is 0 Å².